The van der Waals surface area contributed by atoms with Crippen LogP contribution in [0.15, 0.2) is 0 Å². The molecule has 0 heterocycles. The Morgan fingerprint density at radius 1 is 1.20 bits per heavy atom. The van der Waals surface area contributed by atoms with E-state index in [1.165, 1.54) is 7.11 Å². The molecule has 4 heteroatoms. The summed E-state index contributed by atoms with van der Waals surface area (Å²) in [5.74, 6) is -0.811. The zero-order chi connectivity index (χ0) is 11.8. The summed E-state index contributed by atoms with van der Waals surface area (Å²) in [5.41, 5.74) is 0. The molecule has 0 aromatic heterocycles. The molecule has 0 rings (SSSR count). The van der Waals surface area contributed by atoms with Gasteiger partial charge in [-0.15, -0.1) is 0 Å². The van der Waals surface area contributed by atoms with Crippen molar-refractivity contribution in [2.24, 2.45) is 5.92 Å². The van der Waals surface area contributed by atoms with E-state index in [4.69, 9.17) is 0 Å². The lowest BCUT2D eigenvalue weighted by Gasteiger charge is -2.13. The van der Waals surface area contributed by atoms with Gasteiger partial charge in [-0.1, -0.05) is 26.7 Å². The van der Waals surface area contributed by atoms with Gasteiger partial charge in [-0.05, 0) is 19.3 Å². The second-order valence-electron chi connectivity index (χ2n) is 4.19. The van der Waals surface area contributed by atoms with Gasteiger partial charge < -0.3 is 10.1 Å². The lowest BCUT2D eigenvalue weighted by molar-refractivity contribution is -0.153. The van der Waals surface area contributed by atoms with Crippen molar-refractivity contribution >= 4 is 11.9 Å². The van der Waals surface area contributed by atoms with E-state index in [0.29, 0.717) is 5.92 Å². The Morgan fingerprint density at radius 2 is 1.80 bits per heavy atom. The number of rotatable bonds is 5. The Kier molecular flexibility index (Phi) is 6.75. The van der Waals surface area contributed by atoms with Crippen LogP contribution in [0, 0.1) is 5.92 Å². The minimum atomic E-state index is -0.828. The van der Waals surface area contributed by atoms with E-state index in [2.05, 4.69) is 23.9 Å². The Balaban J connectivity index is 3.69. The van der Waals surface area contributed by atoms with E-state index < -0.39 is 11.9 Å². The van der Waals surface area contributed by atoms with Crippen LogP contribution in [-0.2, 0) is 14.3 Å². The van der Waals surface area contributed by atoms with E-state index >= 15 is 0 Å². The van der Waals surface area contributed by atoms with Gasteiger partial charge in [0.25, 0.3) is 0 Å². The normalized spacial score (nSPS) is 12.3. The number of carbonyl (C=O) groups excluding carboxylic acids is 2. The van der Waals surface area contributed by atoms with E-state index in [0.717, 1.165) is 19.3 Å². The molecule has 0 spiro atoms. The zero-order valence-electron chi connectivity index (χ0n) is 10.0. The highest BCUT2D eigenvalue weighted by atomic mass is 16.5. The Hall–Kier alpha value is -1.06. The fourth-order valence-corrected chi connectivity index (χ4v) is 1.28. The van der Waals surface area contributed by atoms with E-state index in [1.807, 2.05) is 6.92 Å². The predicted molar refractivity (Wildman–Crippen MR) is 58.3 cm³/mol. The lowest BCUT2D eigenvalue weighted by atomic mass is 10.0. The van der Waals surface area contributed by atoms with Crippen molar-refractivity contribution in [2.75, 3.05) is 7.11 Å². The van der Waals surface area contributed by atoms with Crippen LogP contribution in [-0.4, -0.2) is 25.0 Å². The molecule has 0 aromatic carbocycles. The molecule has 0 aliphatic carbocycles. The van der Waals surface area contributed by atoms with Crippen LogP contribution in [0.25, 0.3) is 0 Å². The average molecular weight is 215 g/mol. The first-order valence-electron chi connectivity index (χ1n) is 5.36. The Morgan fingerprint density at radius 3 is 2.27 bits per heavy atom. The highest BCUT2D eigenvalue weighted by molar-refractivity contribution is 6.32. The number of hydrogen-bond acceptors (Lipinski definition) is 3. The third kappa shape index (κ3) is 6.94. The lowest BCUT2D eigenvalue weighted by Crippen LogP contribution is -2.38. The van der Waals surface area contributed by atoms with Gasteiger partial charge in [-0.2, -0.15) is 0 Å². The Bertz CT molecular complexity index is 214. The quantitative estimate of drug-likeness (QED) is 0.558. The molecule has 1 N–H and O–H groups in total. The first kappa shape index (κ1) is 13.9. The van der Waals surface area contributed by atoms with Crippen LogP contribution in [0.1, 0.15) is 40.0 Å². The van der Waals surface area contributed by atoms with Crippen molar-refractivity contribution < 1.29 is 14.3 Å². The van der Waals surface area contributed by atoms with Crippen molar-refractivity contribution in [1.82, 2.24) is 5.32 Å². The third-order valence-electron chi connectivity index (χ3n) is 2.17. The molecule has 1 amide bonds. The highest BCUT2D eigenvalue weighted by Crippen LogP contribution is 2.08. The third-order valence-corrected chi connectivity index (χ3v) is 2.17. The maximum absolute atomic E-state index is 11.1. The standard InChI is InChI=1S/C11H21NO3/c1-8(2)6-5-7-9(3)12-10(13)11(14)15-4/h8-9H,5-7H2,1-4H3,(H,12,13). The van der Waals surface area contributed by atoms with Crippen molar-refractivity contribution in [3.8, 4) is 0 Å². The van der Waals surface area contributed by atoms with Gasteiger partial charge in [0.1, 0.15) is 0 Å². The fraction of sp³-hybridized carbons (Fsp3) is 0.818. The first-order valence-corrected chi connectivity index (χ1v) is 5.36. The second kappa shape index (κ2) is 7.26. The molecule has 0 aliphatic heterocycles. The predicted octanol–water partition coefficient (Wildman–Crippen LogP) is 1.49. The number of nitrogens with one attached hydrogen (secondary N) is 1. The van der Waals surface area contributed by atoms with Crippen LogP contribution in [0.3, 0.4) is 0 Å². The molecule has 0 saturated carbocycles. The van der Waals surface area contributed by atoms with Gasteiger partial charge in [0.05, 0.1) is 7.11 Å². The molecular weight excluding hydrogens is 194 g/mol. The number of hydrogen-bond donors (Lipinski definition) is 1. The number of ether oxygens (including phenoxy) is 1. The van der Waals surface area contributed by atoms with E-state index in [9.17, 15) is 9.59 Å². The van der Waals surface area contributed by atoms with Gasteiger partial charge in [-0.3, -0.25) is 4.79 Å². The molecule has 0 bridgehead atoms. The summed E-state index contributed by atoms with van der Waals surface area (Å²) in [6.07, 6.45) is 3.08. The van der Waals surface area contributed by atoms with Crippen molar-refractivity contribution in [1.29, 1.82) is 0 Å². The summed E-state index contributed by atoms with van der Waals surface area (Å²) in [6, 6.07) is 0.0235. The minimum absolute atomic E-state index is 0.0235. The monoisotopic (exact) mass is 215 g/mol. The van der Waals surface area contributed by atoms with Crippen LogP contribution in [0.5, 0.6) is 0 Å². The highest BCUT2D eigenvalue weighted by Gasteiger charge is 2.15. The number of methoxy groups -OCH3 is 1. The molecule has 0 radical (unpaired) electrons. The summed E-state index contributed by atoms with van der Waals surface area (Å²) >= 11 is 0. The molecule has 1 atom stereocenters. The maximum Gasteiger partial charge on any atom is 0.396 e. The molecule has 4 nitrogen and oxygen atoms in total. The first-order chi connectivity index (χ1) is 6.97. The molecule has 0 saturated heterocycles. The van der Waals surface area contributed by atoms with Crippen LogP contribution >= 0.6 is 0 Å². The SMILES string of the molecule is COC(=O)C(=O)NC(C)CCCC(C)C. The summed E-state index contributed by atoms with van der Waals surface area (Å²) in [7, 11) is 1.20. The molecule has 15 heavy (non-hydrogen) atoms. The molecule has 0 aliphatic rings. The van der Waals surface area contributed by atoms with E-state index in [-0.39, 0.29) is 6.04 Å². The van der Waals surface area contributed by atoms with Crippen molar-refractivity contribution in [3.05, 3.63) is 0 Å². The van der Waals surface area contributed by atoms with Crippen molar-refractivity contribution in [3.63, 3.8) is 0 Å². The Labute approximate surface area is 91.4 Å². The summed E-state index contributed by atoms with van der Waals surface area (Å²) in [5, 5.41) is 2.59. The average Bonchev–Trinajstić information content (AvgIpc) is 2.15. The largest absolute Gasteiger partial charge is 0.462 e. The van der Waals surface area contributed by atoms with Crippen molar-refractivity contribution in [2.45, 2.75) is 46.1 Å². The van der Waals surface area contributed by atoms with Gasteiger partial charge in [0.15, 0.2) is 0 Å². The molecule has 88 valence electrons. The summed E-state index contributed by atoms with van der Waals surface area (Å²) in [4.78, 5) is 21.9. The van der Waals surface area contributed by atoms with E-state index in [1.54, 1.807) is 0 Å². The summed E-state index contributed by atoms with van der Waals surface area (Å²) < 4.78 is 4.30. The molecule has 0 aromatic rings. The van der Waals surface area contributed by atoms with Crippen LogP contribution in [0.2, 0.25) is 0 Å². The molecular formula is C11H21NO3. The topological polar surface area (TPSA) is 55.4 Å². The maximum atomic E-state index is 11.1. The van der Waals surface area contributed by atoms with Gasteiger partial charge >= 0.3 is 11.9 Å². The molecule has 0 fully saturated rings. The fourth-order valence-electron chi connectivity index (χ4n) is 1.28. The zero-order valence-corrected chi connectivity index (χ0v) is 10.0. The van der Waals surface area contributed by atoms with Gasteiger partial charge in [0.2, 0.25) is 0 Å². The second-order valence-corrected chi connectivity index (χ2v) is 4.19. The summed E-state index contributed by atoms with van der Waals surface area (Å²) in [6.45, 7) is 6.22. The van der Waals surface area contributed by atoms with Gasteiger partial charge in [-0.25, -0.2) is 4.79 Å². The van der Waals surface area contributed by atoms with Crippen LogP contribution in [0.4, 0.5) is 0 Å². The number of amides is 1. The number of carbonyl (C=O) groups is 2. The number of esters is 1. The smallest absolute Gasteiger partial charge is 0.396 e. The molecule has 1 unspecified atom stereocenters. The van der Waals surface area contributed by atoms with Gasteiger partial charge in [0, 0.05) is 6.04 Å². The van der Waals surface area contributed by atoms with Crippen LogP contribution < -0.4 is 5.32 Å². The minimum Gasteiger partial charge on any atom is -0.462 e.